The summed E-state index contributed by atoms with van der Waals surface area (Å²) in [5.41, 5.74) is 0.619. The Labute approximate surface area is 199 Å². The number of aromatic nitrogens is 1. The van der Waals surface area contributed by atoms with Gasteiger partial charge in [0.15, 0.2) is 9.84 Å². The first-order valence-corrected chi connectivity index (χ1v) is 13.1. The predicted molar refractivity (Wildman–Crippen MR) is 131 cm³/mol. The number of ether oxygens (including phenoxy) is 1. The van der Waals surface area contributed by atoms with Crippen molar-refractivity contribution in [2.24, 2.45) is 5.41 Å². The number of benzene rings is 2. The highest BCUT2D eigenvalue weighted by atomic mass is 35.5. The van der Waals surface area contributed by atoms with Gasteiger partial charge < -0.3 is 15.2 Å². The first kappa shape index (κ1) is 24.0. The van der Waals surface area contributed by atoms with E-state index in [0.29, 0.717) is 46.9 Å². The van der Waals surface area contributed by atoms with Gasteiger partial charge in [0, 0.05) is 40.1 Å². The monoisotopic (exact) mass is 488 g/mol. The molecule has 176 valence electrons. The van der Waals surface area contributed by atoms with E-state index < -0.39 is 26.8 Å². The summed E-state index contributed by atoms with van der Waals surface area (Å²) in [6.07, 6.45) is 1.71. The number of hydrogen-bond donors (Lipinski definition) is 2. The summed E-state index contributed by atoms with van der Waals surface area (Å²) < 4.78 is 30.0. The Kier molecular flexibility index (Phi) is 6.20. The molecule has 0 bridgehead atoms. The highest BCUT2D eigenvalue weighted by Gasteiger charge is 2.52. The van der Waals surface area contributed by atoms with Crippen LogP contribution in [0.3, 0.4) is 0 Å². The summed E-state index contributed by atoms with van der Waals surface area (Å²) in [4.78, 5) is 4.90. The standard InChI is InChI=1S/C25H29ClN2O4S/c1-24(2)15-27-12-11-25(24,29)22(16-5-7-18(26)8-6-16)20-14-17-13-19(33(4,30)31)9-10-21(17)28-23(20)32-3/h5-10,13-14,22,27,29H,11-12,15H2,1-4H3. The molecule has 0 amide bonds. The van der Waals surface area contributed by atoms with Gasteiger partial charge in [0.1, 0.15) is 0 Å². The van der Waals surface area contributed by atoms with E-state index in [2.05, 4.69) is 10.3 Å². The van der Waals surface area contributed by atoms with E-state index in [4.69, 9.17) is 16.3 Å². The fourth-order valence-corrected chi connectivity index (χ4v) is 5.61. The van der Waals surface area contributed by atoms with Crippen molar-refractivity contribution in [1.82, 2.24) is 10.3 Å². The van der Waals surface area contributed by atoms with E-state index in [-0.39, 0.29) is 4.90 Å². The first-order valence-electron chi connectivity index (χ1n) is 10.8. The number of rotatable bonds is 5. The molecule has 0 radical (unpaired) electrons. The van der Waals surface area contributed by atoms with Crippen LogP contribution in [0.25, 0.3) is 10.9 Å². The van der Waals surface area contributed by atoms with Crippen LogP contribution in [0.15, 0.2) is 53.4 Å². The third-order valence-corrected chi connectivity index (χ3v) is 8.18. The number of halogens is 1. The van der Waals surface area contributed by atoms with Crippen molar-refractivity contribution in [3.05, 3.63) is 64.7 Å². The van der Waals surface area contributed by atoms with Crippen molar-refractivity contribution in [2.45, 2.75) is 36.7 Å². The van der Waals surface area contributed by atoms with Crippen LogP contribution < -0.4 is 10.1 Å². The first-order chi connectivity index (χ1) is 15.5. The lowest BCUT2D eigenvalue weighted by Crippen LogP contribution is -2.59. The normalized spacial score (nSPS) is 21.6. The Morgan fingerprint density at radius 1 is 1.15 bits per heavy atom. The summed E-state index contributed by atoms with van der Waals surface area (Å²) in [6, 6.07) is 14.2. The topological polar surface area (TPSA) is 88.5 Å². The molecule has 2 atom stereocenters. The number of aliphatic hydroxyl groups is 1. The van der Waals surface area contributed by atoms with Gasteiger partial charge >= 0.3 is 0 Å². The van der Waals surface area contributed by atoms with Gasteiger partial charge in [-0.1, -0.05) is 37.6 Å². The largest absolute Gasteiger partial charge is 0.481 e. The number of nitrogens with zero attached hydrogens (tertiary/aromatic N) is 1. The van der Waals surface area contributed by atoms with Crippen LogP contribution >= 0.6 is 11.6 Å². The molecule has 1 saturated heterocycles. The summed E-state index contributed by atoms with van der Waals surface area (Å²) >= 11 is 6.17. The molecule has 2 aromatic carbocycles. The van der Waals surface area contributed by atoms with Crippen LogP contribution in [0.1, 0.15) is 37.3 Å². The van der Waals surface area contributed by atoms with Crippen LogP contribution in [0.5, 0.6) is 5.88 Å². The fraction of sp³-hybridized carbons (Fsp3) is 0.400. The molecular formula is C25H29ClN2O4S. The van der Waals surface area contributed by atoms with Crippen molar-refractivity contribution >= 4 is 32.3 Å². The Morgan fingerprint density at radius 3 is 2.45 bits per heavy atom. The average molecular weight is 489 g/mol. The zero-order valence-corrected chi connectivity index (χ0v) is 20.8. The second-order valence-electron chi connectivity index (χ2n) is 9.43. The number of methoxy groups -OCH3 is 1. The van der Waals surface area contributed by atoms with E-state index in [1.54, 1.807) is 25.3 Å². The van der Waals surface area contributed by atoms with Gasteiger partial charge in [-0.3, -0.25) is 0 Å². The van der Waals surface area contributed by atoms with E-state index >= 15 is 0 Å². The second kappa shape index (κ2) is 8.55. The van der Waals surface area contributed by atoms with E-state index in [1.165, 1.54) is 6.26 Å². The molecule has 3 aromatic rings. The van der Waals surface area contributed by atoms with Gasteiger partial charge in [-0.15, -0.1) is 0 Å². The molecule has 8 heteroatoms. The summed E-state index contributed by atoms with van der Waals surface area (Å²) in [7, 11) is -1.83. The molecule has 1 aliphatic heterocycles. The van der Waals surface area contributed by atoms with Gasteiger partial charge in [-0.2, -0.15) is 0 Å². The van der Waals surface area contributed by atoms with Crippen molar-refractivity contribution < 1.29 is 18.3 Å². The molecular weight excluding hydrogens is 460 g/mol. The SMILES string of the molecule is COc1nc2ccc(S(C)(=O)=O)cc2cc1C(c1ccc(Cl)cc1)C1(O)CCNCC1(C)C. The van der Waals surface area contributed by atoms with Crippen LogP contribution in [0, 0.1) is 5.41 Å². The number of hydrogen-bond acceptors (Lipinski definition) is 6. The minimum absolute atomic E-state index is 0.219. The smallest absolute Gasteiger partial charge is 0.217 e. The zero-order chi connectivity index (χ0) is 24.0. The highest BCUT2D eigenvalue weighted by molar-refractivity contribution is 7.90. The number of pyridine rings is 1. The molecule has 0 saturated carbocycles. The van der Waals surface area contributed by atoms with Gasteiger partial charge in [0.2, 0.25) is 5.88 Å². The van der Waals surface area contributed by atoms with E-state index in [0.717, 1.165) is 5.56 Å². The fourth-order valence-electron chi connectivity index (χ4n) is 4.83. The molecule has 4 rings (SSSR count). The zero-order valence-electron chi connectivity index (χ0n) is 19.2. The molecule has 2 heterocycles. The summed E-state index contributed by atoms with van der Waals surface area (Å²) in [5, 5.41) is 16.9. The number of nitrogens with one attached hydrogen (secondary N) is 1. The third-order valence-electron chi connectivity index (χ3n) is 6.81. The van der Waals surface area contributed by atoms with Crippen molar-refractivity contribution in [3.8, 4) is 5.88 Å². The molecule has 33 heavy (non-hydrogen) atoms. The van der Waals surface area contributed by atoms with Gasteiger partial charge in [-0.05, 0) is 54.9 Å². The Balaban J connectivity index is 2.01. The van der Waals surface area contributed by atoms with E-state index in [9.17, 15) is 13.5 Å². The van der Waals surface area contributed by atoms with Gasteiger partial charge in [0.25, 0.3) is 0 Å². The highest BCUT2D eigenvalue weighted by Crippen LogP contribution is 2.51. The molecule has 1 aliphatic rings. The Bertz CT molecular complexity index is 1290. The lowest BCUT2D eigenvalue weighted by molar-refractivity contribution is -0.0998. The molecule has 1 fully saturated rings. The summed E-state index contributed by atoms with van der Waals surface area (Å²) in [5.74, 6) is -0.0714. The van der Waals surface area contributed by atoms with Gasteiger partial charge in [0.05, 0.1) is 23.1 Å². The quantitative estimate of drug-likeness (QED) is 0.560. The second-order valence-corrected chi connectivity index (χ2v) is 11.9. The maximum Gasteiger partial charge on any atom is 0.217 e. The molecule has 1 aromatic heterocycles. The lowest BCUT2D eigenvalue weighted by Gasteiger charge is -2.51. The van der Waals surface area contributed by atoms with Crippen LogP contribution in [-0.4, -0.2) is 50.6 Å². The van der Waals surface area contributed by atoms with Crippen molar-refractivity contribution in [3.63, 3.8) is 0 Å². The summed E-state index contributed by atoms with van der Waals surface area (Å²) in [6.45, 7) is 5.41. The number of piperidine rings is 1. The van der Waals surface area contributed by atoms with E-state index in [1.807, 2.05) is 44.2 Å². The lowest BCUT2D eigenvalue weighted by atomic mass is 9.61. The van der Waals surface area contributed by atoms with Crippen LogP contribution in [0.4, 0.5) is 0 Å². The maximum absolute atomic E-state index is 12.3. The Morgan fingerprint density at radius 2 is 1.85 bits per heavy atom. The number of sulfone groups is 1. The minimum atomic E-state index is -3.38. The minimum Gasteiger partial charge on any atom is -0.481 e. The predicted octanol–water partition coefficient (Wildman–Crippen LogP) is 4.18. The van der Waals surface area contributed by atoms with Crippen molar-refractivity contribution in [2.75, 3.05) is 26.5 Å². The van der Waals surface area contributed by atoms with Crippen LogP contribution in [-0.2, 0) is 9.84 Å². The van der Waals surface area contributed by atoms with Gasteiger partial charge in [-0.25, -0.2) is 13.4 Å². The van der Waals surface area contributed by atoms with Crippen LogP contribution in [0.2, 0.25) is 5.02 Å². The molecule has 6 nitrogen and oxygen atoms in total. The molecule has 0 aliphatic carbocycles. The molecule has 2 unspecified atom stereocenters. The molecule has 0 spiro atoms. The third kappa shape index (κ3) is 4.35. The average Bonchev–Trinajstić information content (AvgIpc) is 2.76. The Hall–Kier alpha value is -2.19. The van der Waals surface area contributed by atoms with Crippen molar-refractivity contribution in [1.29, 1.82) is 0 Å². The maximum atomic E-state index is 12.3. The number of fused-ring (bicyclic) bond motifs is 1. The molecule has 2 N–H and O–H groups in total.